The molecule has 4 aromatic rings. The largest absolute Gasteiger partial charge is 0.465 e. The number of urea groups is 1. The van der Waals surface area contributed by atoms with E-state index in [1.165, 1.54) is 5.01 Å². The van der Waals surface area contributed by atoms with Crippen molar-refractivity contribution in [2.75, 3.05) is 19.6 Å². The third-order valence-corrected chi connectivity index (χ3v) is 10.6. The molecule has 5 N–H and O–H groups in total. The van der Waals surface area contributed by atoms with E-state index in [9.17, 15) is 29.4 Å². The molecule has 1 fully saturated rings. The van der Waals surface area contributed by atoms with Gasteiger partial charge < -0.3 is 35.4 Å². The van der Waals surface area contributed by atoms with E-state index in [4.69, 9.17) is 4.74 Å². The lowest BCUT2D eigenvalue weighted by molar-refractivity contribution is -0.132. The first kappa shape index (κ1) is 45.1. The lowest BCUT2D eigenvalue weighted by atomic mass is 9.86. The number of para-hydroxylation sites is 1. The van der Waals surface area contributed by atoms with Gasteiger partial charge in [0.05, 0.1) is 24.4 Å². The number of aliphatic hydroxyl groups is 1. The quantitative estimate of drug-likeness (QED) is 0.0696. The second kappa shape index (κ2) is 20.8. The molecule has 5 amide bonds. The fourth-order valence-corrected chi connectivity index (χ4v) is 7.31. The monoisotopic (exact) mass is 821 g/mol. The number of rotatable bonds is 19. The van der Waals surface area contributed by atoms with Crippen LogP contribution in [0.25, 0.3) is 0 Å². The van der Waals surface area contributed by atoms with E-state index >= 15 is 0 Å². The number of carboxylic acid groups (broad SMARTS) is 1. The summed E-state index contributed by atoms with van der Waals surface area (Å²) < 4.78 is 6.07. The maximum atomic E-state index is 14.5. The highest BCUT2D eigenvalue weighted by Crippen LogP contribution is 2.25. The first-order valence-electron chi connectivity index (χ1n) is 20.5. The van der Waals surface area contributed by atoms with Crippen LogP contribution in [0.15, 0.2) is 103 Å². The number of aliphatic hydroxyl groups excluding tert-OH is 1. The van der Waals surface area contributed by atoms with E-state index in [2.05, 4.69) is 21.0 Å². The number of benzene rings is 3. The smallest absolute Gasteiger partial charge is 0.405 e. The number of hydrazine groups is 1. The van der Waals surface area contributed by atoms with Gasteiger partial charge in [0, 0.05) is 31.9 Å². The number of hydrogen-bond acceptors (Lipinski definition) is 8. The van der Waals surface area contributed by atoms with Crippen molar-refractivity contribution >= 4 is 23.9 Å². The number of aromatic nitrogens is 1. The van der Waals surface area contributed by atoms with Gasteiger partial charge in [0.1, 0.15) is 23.6 Å². The minimum Gasteiger partial charge on any atom is -0.465 e. The van der Waals surface area contributed by atoms with Gasteiger partial charge in [-0.15, -0.1) is 0 Å². The fourth-order valence-electron chi connectivity index (χ4n) is 7.31. The summed E-state index contributed by atoms with van der Waals surface area (Å²) in [4.78, 5) is 62.0. The Morgan fingerprint density at radius 1 is 0.867 bits per heavy atom. The van der Waals surface area contributed by atoms with Crippen molar-refractivity contribution in [3.05, 3.63) is 126 Å². The fraction of sp³-hybridized carbons (Fsp3) is 0.413. The van der Waals surface area contributed by atoms with Crippen LogP contribution in [0.5, 0.6) is 11.5 Å². The van der Waals surface area contributed by atoms with Gasteiger partial charge in [-0.05, 0) is 72.2 Å². The third kappa shape index (κ3) is 12.8. The molecule has 3 aromatic carbocycles. The maximum absolute atomic E-state index is 14.5. The van der Waals surface area contributed by atoms with Gasteiger partial charge in [-0.3, -0.25) is 20.0 Å². The van der Waals surface area contributed by atoms with E-state index in [1.54, 1.807) is 30.6 Å². The molecule has 320 valence electrons. The molecule has 0 radical (unpaired) electrons. The molecule has 1 saturated heterocycles. The molecular weight excluding hydrogens is 763 g/mol. The van der Waals surface area contributed by atoms with E-state index in [1.807, 2.05) is 124 Å². The van der Waals surface area contributed by atoms with Crippen molar-refractivity contribution in [3.63, 3.8) is 0 Å². The number of aryl methyl sites for hydroxylation is 1. The van der Waals surface area contributed by atoms with Gasteiger partial charge in [0.25, 0.3) is 5.91 Å². The average Bonchev–Trinajstić information content (AvgIpc) is 3.55. The molecule has 5 rings (SSSR count). The van der Waals surface area contributed by atoms with Gasteiger partial charge in [-0.25, -0.2) is 14.6 Å². The third-order valence-electron chi connectivity index (χ3n) is 10.6. The Morgan fingerprint density at radius 2 is 1.52 bits per heavy atom. The molecule has 5 atom stereocenters. The number of amides is 5. The number of carbonyl (C=O) groups excluding carboxylic acids is 3. The molecule has 1 aliphatic rings. The molecule has 60 heavy (non-hydrogen) atoms. The zero-order valence-corrected chi connectivity index (χ0v) is 35.4. The van der Waals surface area contributed by atoms with Crippen molar-refractivity contribution in [2.24, 2.45) is 11.3 Å². The Labute approximate surface area is 352 Å². The zero-order chi connectivity index (χ0) is 43.4. The van der Waals surface area contributed by atoms with Crippen molar-refractivity contribution < 1.29 is 34.1 Å². The number of carbonyl (C=O) groups is 4. The minimum absolute atomic E-state index is 0.0914. The highest BCUT2D eigenvalue weighted by atomic mass is 16.5. The summed E-state index contributed by atoms with van der Waals surface area (Å²) in [5.41, 5.74) is 5.27. The SMILES string of the molecule is CC[C@H](C)[C@@H](C(=O)N[C@@H](Cc1ccccc1)[C@@H](O)CN(Cc1cccc(Oc2ccccc2)c1)NC(=O)[C@@H](NC(=O)O)C(C)(C)C)N1CCN(Cc2cccc(C)n2)C1=O. The predicted octanol–water partition coefficient (Wildman–Crippen LogP) is 6.14. The standard InChI is InChI=1S/C46H59N7O7/c1-7-31(2)40(53-25-24-51(45(53)59)29-35-20-14-16-32(3)47-35)42(55)48-38(27-33-17-10-8-11-18-33)39(54)30-52(50-43(56)41(46(4,5)6)49-44(57)58)28-34-19-15-23-37(26-34)60-36-21-12-9-13-22-36/h8-23,26,31,38-41,49,54H,7,24-25,27-30H2,1-6H3,(H,48,55)(H,50,56)(H,57,58)/t31-,38-,39-,40-,41+/m0/s1. The van der Waals surface area contributed by atoms with Crippen LogP contribution >= 0.6 is 0 Å². The predicted molar refractivity (Wildman–Crippen MR) is 229 cm³/mol. The van der Waals surface area contributed by atoms with Gasteiger partial charge in [-0.2, -0.15) is 0 Å². The number of hydrogen-bond donors (Lipinski definition) is 5. The van der Waals surface area contributed by atoms with Crippen LogP contribution in [0.4, 0.5) is 9.59 Å². The summed E-state index contributed by atoms with van der Waals surface area (Å²) in [5.74, 6) is -0.0242. The van der Waals surface area contributed by atoms with E-state index in [0.717, 1.165) is 22.5 Å². The number of ether oxygens (including phenoxy) is 1. The van der Waals surface area contributed by atoms with Gasteiger partial charge in [-0.1, -0.05) is 108 Å². The normalized spacial score (nSPS) is 15.5. The van der Waals surface area contributed by atoms with Gasteiger partial charge in [0.15, 0.2) is 0 Å². The summed E-state index contributed by atoms with van der Waals surface area (Å²) in [6.45, 7) is 12.1. The first-order valence-corrected chi connectivity index (χ1v) is 20.5. The zero-order valence-electron chi connectivity index (χ0n) is 35.4. The van der Waals surface area contributed by atoms with E-state index in [-0.39, 0.29) is 31.5 Å². The van der Waals surface area contributed by atoms with Crippen molar-refractivity contribution in [1.29, 1.82) is 0 Å². The van der Waals surface area contributed by atoms with Gasteiger partial charge >= 0.3 is 12.1 Å². The molecule has 14 nitrogen and oxygen atoms in total. The van der Waals surface area contributed by atoms with E-state index < -0.39 is 47.6 Å². The molecule has 1 aliphatic heterocycles. The van der Waals surface area contributed by atoms with Crippen LogP contribution in [0.2, 0.25) is 0 Å². The summed E-state index contributed by atoms with van der Waals surface area (Å²) in [7, 11) is 0. The van der Waals surface area contributed by atoms with Crippen molar-refractivity contribution in [2.45, 2.75) is 91.7 Å². The second-order valence-electron chi connectivity index (χ2n) is 16.5. The van der Waals surface area contributed by atoms with Gasteiger partial charge in [0.2, 0.25) is 5.91 Å². The highest BCUT2D eigenvalue weighted by molar-refractivity contribution is 5.88. The number of pyridine rings is 1. The molecule has 0 spiro atoms. The summed E-state index contributed by atoms with van der Waals surface area (Å²) in [6.07, 6.45) is -1.74. The maximum Gasteiger partial charge on any atom is 0.405 e. The molecule has 14 heteroatoms. The average molecular weight is 822 g/mol. The summed E-state index contributed by atoms with van der Waals surface area (Å²) in [6, 6.07) is 28.7. The summed E-state index contributed by atoms with van der Waals surface area (Å²) >= 11 is 0. The lowest BCUT2D eigenvalue weighted by Crippen LogP contribution is -2.60. The van der Waals surface area contributed by atoms with E-state index in [0.29, 0.717) is 37.6 Å². The Balaban J connectivity index is 1.41. The Bertz CT molecular complexity index is 2050. The van der Waals surface area contributed by atoms with Crippen molar-refractivity contribution in [1.82, 2.24) is 35.9 Å². The molecule has 2 heterocycles. The highest BCUT2D eigenvalue weighted by Gasteiger charge is 2.41. The number of nitrogens with one attached hydrogen (secondary N) is 3. The molecule has 0 unspecified atom stereocenters. The van der Waals surface area contributed by atoms with Crippen LogP contribution in [0.1, 0.15) is 63.6 Å². The Hall–Kier alpha value is -5.99. The topological polar surface area (TPSA) is 177 Å². The minimum atomic E-state index is -1.35. The van der Waals surface area contributed by atoms with Crippen LogP contribution in [0, 0.1) is 18.3 Å². The van der Waals surface area contributed by atoms with Crippen LogP contribution in [-0.2, 0) is 29.1 Å². The summed E-state index contributed by atoms with van der Waals surface area (Å²) in [5, 5.41) is 28.8. The van der Waals surface area contributed by atoms with Crippen molar-refractivity contribution in [3.8, 4) is 11.5 Å². The Morgan fingerprint density at radius 3 is 2.17 bits per heavy atom. The van der Waals surface area contributed by atoms with Crippen LogP contribution < -0.4 is 20.8 Å². The molecule has 0 bridgehead atoms. The molecule has 1 aromatic heterocycles. The van der Waals surface area contributed by atoms with Crippen LogP contribution in [0.3, 0.4) is 0 Å². The van der Waals surface area contributed by atoms with Crippen LogP contribution in [-0.4, -0.2) is 97.8 Å². The lowest BCUT2D eigenvalue weighted by Gasteiger charge is -2.36. The molecular formula is C46H59N7O7. The second-order valence-corrected chi connectivity index (χ2v) is 16.5. The Kier molecular flexibility index (Phi) is 15.6. The molecule has 0 aliphatic carbocycles. The molecule has 0 saturated carbocycles. The number of nitrogens with zero attached hydrogens (tertiary/aromatic N) is 4. The first-order chi connectivity index (χ1) is 28.6.